The molecule has 1 aromatic heterocycles. The van der Waals surface area contributed by atoms with Gasteiger partial charge in [-0.15, -0.1) is 11.3 Å². The highest BCUT2D eigenvalue weighted by Crippen LogP contribution is 2.34. The molecule has 0 aliphatic carbocycles. The second-order valence-electron chi connectivity index (χ2n) is 6.00. The number of thiophene rings is 1. The fourth-order valence-electron chi connectivity index (χ4n) is 3.14. The third-order valence-electron chi connectivity index (χ3n) is 4.34. The number of fused-ring (bicyclic) bond motifs is 2. The molecule has 1 amide bonds. The van der Waals surface area contributed by atoms with Crippen LogP contribution in [0.15, 0.2) is 52.7 Å². The normalized spacial score (nSPS) is 17.0. The van der Waals surface area contributed by atoms with Gasteiger partial charge in [-0.05, 0) is 35.6 Å². The Hall–Kier alpha value is -2.42. The van der Waals surface area contributed by atoms with Gasteiger partial charge in [0.05, 0.1) is 0 Å². The van der Waals surface area contributed by atoms with Gasteiger partial charge in [0.15, 0.2) is 4.21 Å². The van der Waals surface area contributed by atoms with Crippen LogP contribution < -0.4 is 15.2 Å². The first-order valence-electron chi connectivity index (χ1n) is 8.03. The largest absolute Gasteiger partial charge is 0.378 e. The van der Waals surface area contributed by atoms with Crippen LogP contribution in [0.5, 0.6) is 5.75 Å². The Balaban J connectivity index is 1.73. The summed E-state index contributed by atoms with van der Waals surface area (Å²) in [6.45, 7) is 0.518. The molecule has 1 unspecified atom stereocenters. The van der Waals surface area contributed by atoms with Gasteiger partial charge >= 0.3 is 10.1 Å². The summed E-state index contributed by atoms with van der Waals surface area (Å²) in [5.74, 6) is -0.261. The molecule has 1 aliphatic rings. The summed E-state index contributed by atoms with van der Waals surface area (Å²) in [4.78, 5) is 11.6. The minimum absolute atomic E-state index is 0.150. The van der Waals surface area contributed by atoms with Gasteiger partial charge in [-0.3, -0.25) is 4.79 Å². The van der Waals surface area contributed by atoms with Gasteiger partial charge in [0.25, 0.3) is 0 Å². The van der Waals surface area contributed by atoms with Crippen LogP contribution in [0.3, 0.4) is 0 Å². The summed E-state index contributed by atoms with van der Waals surface area (Å²) in [6.07, 6.45) is 0.553. The molecule has 1 aliphatic heterocycles. The Morgan fingerprint density at radius 2 is 2.00 bits per heavy atom. The minimum atomic E-state index is -3.96. The van der Waals surface area contributed by atoms with Crippen molar-refractivity contribution in [3.8, 4) is 5.75 Å². The lowest BCUT2D eigenvalue weighted by Crippen LogP contribution is -2.38. The number of hydrogen-bond donors (Lipinski definition) is 2. The number of nitrogens with two attached hydrogens (primary N) is 1. The average Bonchev–Trinajstić information content (AvgIpc) is 3.06. The third-order valence-corrected chi connectivity index (χ3v) is 7.12. The van der Waals surface area contributed by atoms with Crippen molar-refractivity contribution in [2.45, 2.75) is 16.7 Å². The number of amides is 1. The molecule has 2 aromatic carbocycles. The van der Waals surface area contributed by atoms with E-state index in [1.807, 2.05) is 24.3 Å². The van der Waals surface area contributed by atoms with Crippen molar-refractivity contribution in [3.63, 3.8) is 0 Å². The second kappa shape index (κ2) is 6.39. The zero-order valence-corrected chi connectivity index (χ0v) is 15.3. The van der Waals surface area contributed by atoms with Crippen LogP contribution in [0, 0.1) is 0 Å². The van der Waals surface area contributed by atoms with E-state index in [0.717, 1.165) is 10.1 Å². The van der Waals surface area contributed by atoms with Crippen LogP contribution >= 0.6 is 11.3 Å². The molecule has 6 nitrogen and oxygen atoms in total. The Labute approximate surface area is 154 Å². The zero-order chi connectivity index (χ0) is 18.3. The van der Waals surface area contributed by atoms with E-state index in [4.69, 9.17) is 9.92 Å². The molecule has 8 heteroatoms. The lowest BCUT2D eigenvalue weighted by molar-refractivity contribution is -0.120. The molecular formula is C18H16N2O4S2. The Morgan fingerprint density at radius 1 is 1.19 bits per heavy atom. The summed E-state index contributed by atoms with van der Waals surface area (Å²) < 4.78 is 32.0. The lowest BCUT2D eigenvalue weighted by atomic mass is 9.93. The van der Waals surface area contributed by atoms with Crippen molar-refractivity contribution in [1.82, 2.24) is 5.32 Å². The van der Waals surface area contributed by atoms with Gasteiger partial charge in [-0.25, -0.2) is 0 Å². The van der Waals surface area contributed by atoms with Crippen molar-refractivity contribution in [1.29, 1.82) is 0 Å². The summed E-state index contributed by atoms with van der Waals surface area (Å²) >= 11 is 1.17. The quantitative estimate of drug-likeness (QED) is 0.669. The molecule has 0 fully saturated rings. The number of rotatable bonds is 4. The van der Waals surface area contributed by atoms with Crippen molar-refractivity contribution < 1.29 is 17.4 Å². The maximum Gasteiger partial charge on any atom is 0.348 e. The van der Waals surface area contributed by atoms with E-state index >= 15 is 0 Å². The highest BCUT2D eigenvalue weighted by molar-refractivity contribution is 7.89. The number of hydrogen-bond acceptors (Lipinski definition) is 6. The lowest BCUT2D eigenvalue weighted by Gasteiger charge is -2.26. The van der Waals surface area contributed by atoms with E-state index in [1.165, 1.54) is 11.3 Å². The van der Waals surface area contributed by atoms with Gasteiger partial charge in [0, 0.05) is 16.8 Å². The van der Waals surface area contributed by atoms with Gasteiger partial charge in [0.1, 0.15) is 11.8 Å². The van der Waals surface area contributed by atoms with Crippen LogP contribution in [0.2, 0.25) is 0 Å². The first-order valence-corrected chi connectivity index (χ1v) is 10.3. The van der Waals surface area contributed by atoms with E-state index in [1.54, 1.807) is 24.3 Å². The summed E-state index contributed by atoms with van der Waals surface area (Å²) in [5.41, 5.74) is 6.79. The molecule has 0 saturated heterocycles. The van der Waals surface area contributed by atoms with E-state index in [0.29, 0.717) is 24.1 Å². The van der Waals surface area contributed by atoms with E-state index in [9.17, 15) is 13.2 Å². The standard InChI is InChI=1S/C18H16N2O4S2/c19-18(21)17-13-5-3-6-14(12(13)8-9-20-17)24-26(22,23)16-10-11-4-1-2-7-15(11)25-16/h1-7,10,17,20H,8-9H2,(H2,19,21). The Bertz CT molecular complexity index is 1070. The number of nitrogens with one attached hydrogen (secondary N) is 1. The molecular weight excluding hydrogens is 372 g/mol. The molecule has 3 aromatic rings. The van der Waals surface area contributed by atoms with Gasteiger partial charge in [0.2, 0.25) is 5.91 Å². The highest BCUT2D eigenvalue weighted by Gasteiger charge is 2.28. The molecule has 0 bridgehead atoms. The fourth-order valence-corrected chi connectivity index (χ4v) is 5.46. The van der Waals surface area contributed by atoms with Gasteiger partial charge in [-0.2, -0.15) is 8.42 Å². The second-order valence-corrected chi connectivity index (χ2v) is 8.86. The predicted octanol–water partition coefficient (Wildman–Crippen LogP) is 2.34. The highest BCUT2D eigenvalue weighted by atomic mass is 32.3. The molecule has 1 atom stereocenters. The first-order chi connectivity index (χ1) is 12.5. The van der Waals surface area contributed by atoms with Crippen LogP contribution in [0.4, 0.5) is 0 Å². The van der Waals surface area contributed by atoms with Crippen molar-refractivity contribution in [2.24, 2.45) is 5.73 Å². The maximum atomic E-state index is 12.8. The fraction of sp³-hybridized carbons (Fsp3) is 0.167. The maximum absolute atomic E-state index is 12.8. The average molecular weight is 388 g/mol. The Morgan fingerprint density at radius 3 is 2.77 bits per heavy atom. The van der Waals surface area contributed by atoms with Crippen LogP contribution in [0.25, 0.3) is 10.1 Å². The minimum Gasteiger partial charge on any atom is -0.378 e. The summed E-state index contributed by atoms with van der Waals surface area (Å²) in [5, 5.41) is 3.89. The van der Waals surface area contributed by atoms with Gasteiger partial charge in [-0.1, -0.05) is 30.3 Å². The van der Waals surface area contributed by atoms with Crippen molar-refractivity contribution in [3.05, 3.63) is 59.7 Å². The predicted molar refractivity (Wildman–Crippen MR) is 99.7 cm³/mol. The molecule has 0 spiro atoms. The Kier molecular flexibility index (Phi) is 4.18. The summed E-state index contributed by atoms with van der Waals surface area (Å²) in [7, 11) is -3.96. The first kappa shape index (κ1) is 17.0. The third kappa shape index (κ3) is 2.96. The SMILES string of the molecule is NC(=O)C1NCCc2c(OS(=O)(=O)c3cc4ccccc4s3)cccc21. The van der Waals surface area contributed by atoms with Crippen LogP contribution in [-0.4, -0.2) is 20.9 Å². The summed E-state index contributed by atoms with van der Waals surface area (Å²) in [6, 6.07) is 13.4. The van der Waals surface area contributed by atoms with Crippen molar-refractivity contribution in [2.75, 3.05) is 6.54 Å². The van der Waals surface area contributed by atoms with Crippen molar-refractivity contribution >= 4 is 37.4 Å². The number of carbonyl (C=O) groups excluding carboxylic acids is 1. The number of benzene rings is 2. The molecule has 26 heavy (non-hydrogen) atoms. The van der Waals surface area contributed by atoms with Crippen LogP contribution in [-0.2, 0) is 21.3 Å². The molecule has 2 heterocycles. The molecule has 134 valence electrons. The molecule has 4 rings (SSSR count). The van der Waals surface area contributed by atoms with E-state index < -0.39 is 22.1 Å². The number of primary amides is 1. The topological polar surface area (TPSA) is 98.5 Å². The molecule has 3 N–H and O–H groups in total. The van der Waals surface area contributed by atoms with E-state index in [2.05, 4.69) is 5.32 Å². The molecule has 0 saturated carbocycles. The smallest absolute Gasteiger partial charge is 0.348 e. The monoisotopic (exact) mass is 388 g/mol. The van der Waals surface area contributed by atoms with E-state index in [-0.39, 0.29) is 9.96 Å². The molecule has 0 radical (unpaired) electrons. The van der Waals surface area contributed by atoms with Gasteiger partial charge < -0.3 is 15.2 Å². The van der Waals surface area contributed by atoms with Crippen LogP contribution in [0.1, 0.15) is 17.2 Å². The number of carbonyl (C=O) groups is 1. The zero-order valence-electron chi connectivity index (χ0n) is 13.6.